The quantitative estimate of drug-likeness (QED) is 0.559. The van der Waals surface area contributed by atoms with Crippen LogP contribution in [0.25, 0.3) is 0 Å². The topological polar surface area (TPSA) is 29.1 Å². The molecule has 2 nitrogen and oxygen atoms in total. The third-order valence-electron chi connectivity index (χ3n) is 3.23. The van der Waals surface area contributed by atoms with Crippen molar-refractivity contribution in [3.63, 3.8) is 0 Å². The summed E-state index contributed by atoms with van der Waals surface area (Å²) in [7, 11) is 0. The molecule has 0 spiro atoms. The molecule has 0 saturated heterocycles. The molecule has 3 rings (SSSR count). The maximum Gasteiger partial charge on any atom is 0.265 e. The molecule has 1 aromatic heterocycles. The number of anilines is 1. The largest absolute Gasteiger partial charge is 0.321 e. The molecule has 0 atom stereocenters. The van der Waals surface area contributed by atoms with Gasteiger partial charge in [0.15, 0.2) is 0 Å². The number of carbonyl (C=O) groups excluding carboxylic acids is 1. The highest BCUT2D eigenvalue weighted by Crippen LogP contribution is 2.29. The predicted octanol–water partition coefficient (Wildman–Crippen LogP) is 6.22. The van der Waals surface area contributed by atoms with Gasteiger partial charge in [0.05, 0.1) is 4.88 Å². The molecule has 0 radical (unpaired) electrons. The summed E-state index contributed by atoms with van der Waals surface area (Å²) in [4.78, 5) is 15.3. The van der Waals surface area contributed by atoms with Gasteiger partial charge in [0, 0.05) is 20.0 Å². The summed E-state index contributed by atoms with van der Waals surface area (Å²) < 4.78 is 1.07. The minimum absolute atomic E-state index is 0.0502. The van der Waals surface area contributed by atoms with Crippen LogP contribution in [0.4, 0.5) is 5.69 Å². The average Bonchev–Trinajstić information content (AvgIpc) is 2.98. The van der Waals surface area contributed by atoms with Gasteiger partial charge in [-0.3, -0.25) is 4.79 Å². The Morgan fingerprint density at radius 3 is 2.17 bits per heavy atom. The van der Waals surface area contributed by atoms with Crippen molar-refractivity contribution in [1.82, 2.24) is 0 Å². The summed E-state index contributed by atoms with van der Waals surface area (Å²) in [5.74, 6) is -0.0502. The number of rotatable bonds is 4. The Hall–Kier alpha value is -1.56. The van der Waals surface area contributed by atoms with Gasteiger partial charge in [-0.25, -0.2) is 0 Å². The number of hydrogen-bond acceptors (Lipinski definition) is 3. The van der Waals surface area contributed by atoms with Crippen molar-refractivity contribution in [3.8, 4) is 0 Å². The van der Waals surface area contributed by atoms with Crippen LogP contribution in [-0.4, -0.2) is 5.91 Å². The van der Waals surface area contributed by atoms with E-state index in [1.54, 1.807) is 11.8 Å². The lowest BCUT2D eigenvalue weighted by molar-refractivity contribution is 0.103. The Labute approximate surface area is 152 Å². The van der Waals surface area contributed by atoms with Gasteiger partial charge >= 0.3 is 0 Å². The zero-order valence-corrected chi connectivity index (χ0v) is 15.6. The number of hydrogen-bond donors (Lipinski definition) is 1. The molecule has 0 bridgehead atoms. The number of benzene rings is 2. The van der Waals surface area contributed by atoms with Gasteiger partial charge in [0.2, 0.25) is 0 Å². The molecule has 1 N–H and O–H groups in total. The van der Waals surface area contributed by atoms with Gasteiger partial charge in [0.1, 0.15) is 0 Å². The lowest BCUT2D eigenvalue weighted by atomic mass is 10.2. The Kier molecular flexibility index (Phi) is 5.20. The standard InChI is InChI=1S/C18H14BrNOS2/c1-12-10-11-22-17(12)18(21)20-14-4-8-16(9-5-14)23-15-6-2-13(19)3-7-15/h2-11H,1H3,(H,20,21). The first kappa shape index (κ1) is 16.3. The average molecular weight is 404 g/mol. The van der Waals surface area contributed by atoms with E-state index in [-0.39, 0.29) is 5.91 Å². The second kappa shape index (κ2) is 7.34. The lowest BCUT2D eigenvalue weighted by Crippen LogP contribution is -2.11. The fourth-order valence-electron chi connectivity index (χ4n) is 2.04. The molecule has 0 fully saturated rings. The monoisotopic (exact) mass is 403 g/mol. The Bertz CT molecular complexity index is 810. The summed E-state index contributed by atoms with van der Waals surface area (Å²) in [5.41, 5.74) is 1.82. The molecule has 1 amide bonds. The zero-order valence-electron chi connectivity index (χ0n) is 12.4. The number of amides is 1. The maximum atomic E-state index is 12.2. The summed E-state index contributed by atoms with van der Waals surface area (Å²) in [6.07, 6.45) is 0. The third kappa shape index (κ3) is 4.25. The van der Waals surface area contributed by atoms with Crippen molar-refractivity contribution in [3.05, 3.63) is 74.9 Å². The van der Waals surface area contributed by atoms with Crippen LogP contribution >= 0.6 is 39.0 Å². The lowest BCUT2D eigenvalue weighted by Gasteiger charge is -2.06. The van der Waals surface area contributed by atoms with Crippen LogP contribution in [0.1, 0.15) is 15.2 Å². The molecule has 0 aliphatic rings. The summed E-state index contributed by atoms with van der Waals surface area (Å²) in [5, 5.41) is 4.87. The molecule has 1 heterocycles. The molecule has 0 unspecified atom stereocenters. The van der Waals surface area contributed by atoms with Gasteiger partial charge in [-0.05, 0) is 72.5 Å². The second-order valence-electron chi connectivity index (χ2n) is 4.97. The van der Waals surface area contributed by atoms with Crippen LogP contribution < -0.4 is 5.32 Å². The summed E-state index contributed by atoms with van der Waals surface area (Å²) in [6, 6.07) is 18.1. The van der Waals surface area contributed by atoms with Crippen LogP contribution in [0.15, 0.2) is 74.2 Å². The molecular weight excluding hydrogens is 390 g/mol. The number of carbonyl (C=O) groups is 1. The highest BCUT2D eigenvalue weighted by atomic mass is 79.9. The van der Waals surface area contributed by atoms with Gasteiger partial charge in [-0.15, -0.1) is 11.3 Å². The van der Waals surface area contributed by atoms with E-state index in [2.05, 4.69) is 33.4 Å². The second-order valence-corrected chi connectivity index (χ2v) is 7.95. The van der Waals surface area contributed by atoms with Crippen molar-refractivity contribution in [2.75, 3.05) is 5.32 Å². The Morgan fingerprint density at radius 1 is 1.00 bits per heavy atom. The first-order chi connectivity index (χ1) is 11.1. The fraction of sp³-hybridized carbons (Fsp3) is 0.0556. The number of thiophene rings is 1. The van der Waals surface area contributed by atoms with E-state index >= 15 is 0 Å². The highest BCUT2D eigenvalue weighted by molar-refractivity contribution is 9.10. The number of halogens is 1. The smallest absolute Gasteiger partial charge is 0.265 e. The van der Waals surface area contributed by atoms with Crippen molar-refractivity contribution < 1.29 is 4.79 Å². The van der Waals surface area contributed by atoms with Crippen LogP contribution in [0.3, 0.4) is 0 Å². The highest BCUT2D eigenvalue weighted by Gasteiger charge is 2.10. The van der Waals surface area contributed by atoms with Crippen molar-refractivity contribution in [2.45, 2.75) is 16.7 Å². The Balaban J connectivity index is 1.66. The normalized spacial score (nSPS) is 10.5. The van der Waals surface area contributed by atoms with Crippen LogP contribution in [-0.2, 0) is 0 Å². The van der Waals surface area contributed by atoms with Crippen molar-refractivity contribution in [2.24, 2.45) is 0 Å². The Morgan fingerprint density at radius 2 is 1.61 bits per heavy atom. The van der Waals surface area contributed by atoms with Gasteiger partial charge < -0.3 is 5.32 Å². The summed E-state index contributed by atoms with van der Waals surface area (Å²) in [6.45, 7) is 1.95. The molecule has 2 aromatic carbocycles. The summed E-state index contributed by atoms with van der Waals surface area (Å²) >= 11 is 6.59. The van der Waals surface area contributed by atoms with Gasteiger partial charge in [-0.2, -0.15) is 0 Å². The van der Waals surface area contributed by atoms with E-state index in [0.717, 1.165) is 25.5 Å². The molecule has 5 heteroatoms. The minimum Gasteiger partial charge on any atom is -0.321 e. The van der Waals surface area contributed by atoms with E-state index in [1.165, 1.54) is 16.2 Å². The maximum absolute atomic E-state index is 12.2. The van der Waals surface area contributed by atoms with E-state index < -0.39 is 0 Å². The van der Waals surface area contributed by atoms with Crippen LogP contribution in [0.2, 0.25) is 0 Å². The van der Waals surface area contributed by atoms with Crippen molar-refractivity contribution >= 4 is 50.6 Å². The van der Waals surface area contributed by atoms with Crippen LogP contribution in [0.5, 0.6) is 0 Å². The minimum atomic E-state index is -0.0502. The predicted molar refractivity (Wildman–Crippen MR) is 102 cm³/mol. The van der Waals surface area contributed by atoms with E-state index in [1.807, 2.05) is 54.8 Å². The van der Waals surface area contributed by atoms with Crippen LogP contribution in [0, 0.1) is 6.92 Å². The number of nitrogens with one attached hydrogen (secondary N) is 1. The first-order valence-corrected chi connectivity index (χ1v) is 9.50. The van der Waals surface area contributed by atoms with E-state index in [0.29, 0.717) is 0 Å². The molecule has 0 aliphatic heterocycles. The van der Waals surface area contributed by atoms with Gasteiger partial charge in [-0.1, -0.05) is 27.7 Å². The SMILES string of the molecule is Cc1ccsc1C(=O)Nc1ccc(Sc2ccc(Br)cc2)cc1. The van der Waals surface area contributed by atoms with Crippen molar-refractivity contribution in [1.29, 1.82) is 0 Å². The molecule has 0 aliphatic carbocycles. The molecule has 23 heavy (non-hydrogen) atoms. The molecule has 116 valence electrons. The molecule has 3 aromatic rings. The zero-order chi connectivity index (χ0) is 16.2. The first-order valence-electron chi connectivity index (χ1n) is 7.01. The number of aryl methyl sites for hydroxylation is 1. The molecular formula is C18H14BrNOS2. The third-order valence-corrected chi connectivity index (χ3v) is 5.79. The molecule has 0 saturated carbocycles. The van der Waals surface area contributed by atoms with E-state index in [9.17, 15) is 4.79 Å². The van der Waals surface area contributed by atoms with Gasteiger partial charge in [0.25, 0.3) is 5.91 Å². The fourth-order valence-corrected chi connectivity index (χ4v) is 3.94. The van der Waals surface area contributed by atoms with E-state index in [4.69, 9.17) is 0 Å².